The smallest absolute Gasteiger partial charge is 0.353 e. The number of hydrogen-bond acceptors (Lipinski definition) is 16. The SMILES string of the molecule is Nc1nc(/C(=N\O)C(=O)NC2C(=O)N3C(C(=O)O)=C(Sc4cccnc4CSCCNC(=O)[C@@H](N)CC(=O)O)CS[C@H]23)ns1. The molecule has 4 heterocycles. The maximum atomic E-state index is 13.1. The van der Waals surface area contributed by atoms with Gasteiger partial charge in [0.2, 0.25) is 17.4 Å². The van der Waals surface area contributed by atoms with Crippen LogP contribution in [0.2, 0.25) is 0 Å². The molecule has 1 saturated heterocycles. The van der Waals surface area contributed by atoms with Gasteiger partial charge in [-0.25, -0.2) is 4.79 Å². The van der Waals surface area contributed by atoms with Crippen molar-refractivity contribution in [3.8, 4) is 0 Å². The zero-order valence-electron chi connectivity index (χ0n) is 22.4. The monoisotopic (exact) mass is 683 g/mol. The van der Waals surface area contributed by atoms with Crippen LogP contribution in [0, 0.1) is 0 Å². The molecule has 3 amide bonds. The second-order valence-electron chi connectivity index (χ2n) is 8.94. The number of carbonyl (C=O) groups excluding carboxylic acids is 3. The van der Waals surface area contributed by atoms with Gasteiger partial charge in [0, 0.05) is 51.3 Å². The molecule has 9 N–H and O–H groups in total. The second-order valence-corrected chi connectivity index (χ2v) is 13.1. The van der Waals surface area contributed by atoms with Crippen LogP contribution in [0.25, 0.3) is 0 Å². The van der Waals surface area contributed by atoms with Gasteiger partial charge in [-0.1, -0.05) is 16.9 Å². The zero-order chi connectivity index (χ0) is 32.0. The van der Waals surface area contributed by atoms with E-state index in [0.29, 0.717) is 27.0 Å². The van der Waals surface area contributed by atoms with Gasteiger partial charge in [-0.2, -0.15) is 21.1 Å². The molecule has 0 bridgehead atoms. The summed E-state index contributed by atoms with van der Waals surface area (Å²) in [6.45, 7) is 0.257. The lowest BCUT2D eigenvalue weighted by Crippen LogP contribution is -2.71. The number of rotatable bonds is 14. The molecule has 0 spiro atoms. The van der Waals surface area contributed by atoms with Gasteiger partial charge < -0.3 is 37.5 Å². The number of amides is 3. The number of nitrogens with zero attached hydrogens (tertiary/aromatic N) is 5. The van der Waals surface area contributed by atoms with E-state index in [1.807, 2.05) is 0 Å². The molecule has 21 heteroatoms. The number of nitrogens with two attached hydrogens (primary N) is 2. The molecule has 2 aromatic rings. The average molecular weight is 684 g/mol. The normalized spacial score (nSPS) is 18.7. The molecule has 1 fully saturated rings. The van der Waals surface area contributed by atoms with Gasteiger partial charge in [0.25, 0.3) is 11.8 Å². The summed E-state index contributed by atoms with van der Waals surface area (Å²) in [5, 5.41) is 35.4. The Kier molecular flexibility index (Phi) is 11.0. The Morgan fingerprint density at radius 1 is 1.27 bits per heavy atom. The average Bonchev–Trinajstić information content (AvgIpc) is 3.41. The number of carbonyl (C=O) groups is 5. The van der Waals surface area contributed by atoms with Crippen molar-refractivity contribution in [2.45, 2.75) is 34.5 Å². The number of carboxylic acids is 2. The largest absolute Gasteiger partial charge is 0.481 e. The number of hydrogen-bond donors (Lipinski definition) is 7. The van der Waals surface area contributed by atoms with E-state index in [1.165, 1.54) is 35.3 Å². The Balaban J connectivity index is 1.38. The van der Waals surface area contributed by atoms with Gasteiger partial charge in [-0.05, 0) is 12.1 Å². The maximum Gasteiger partial charge on any atom is 0.353 e. The van der Waals surface area contributed by atoms with Crippen molar-refractivity contribution in [2.75, 3.05) is 23.8 Å². The Bertz CT molecular complexity index is 1530. The molecular formula is C23H25N9O8S4. The minimum Gasteiger partial charge on any atom is -0.481 e. The quantitative estimate of drug-likeness (QED) is 0.0428. The predicted molar refractivity (Wildman–Crippen MR) is 162 cm³/mol. The third kappa shape index (κ3) is 7.59. The first-order chi connectivity index (χ1) is 21.0. The van der Waals surface area contributed by atoms with Crippen molar-refractivity contribution in [3.63, 3.8) is 0 Å². The Hall–Kier alpha value is -3.92. The molecule has 17 nitrogen and oxygen atoms in total. The van der Waals surface area contributed by atoms with Gasteiger partial charge >= 0.3 is 11.9 Å². The molecular weight excluding hydrogens is 659 g/mol. The summed E-state index contributed by atoms with van der Waals surface area (Å²) in [6, 6.07) is 1.26. The van der Waals surface area contributed by atoms with E-state index in [9.17, 15) is 34.3 Å². The number of oxime groups is 1. The third-order valence-electron chi connectivity index (χ3n) is 5.99. The number of β-lactam (4-membered cyclic amide) rings is 1. The number of nitrogen functional groups attached to an aromatic ring is 1. The first kappa shape index (κ1) is 33.0. The highest BCUT2D eigenvalue weighted by molar-refractivity contribution is 8.06. The standard InChI is InChI=1S/C23H25N9O8S4/c24-9(6-13(33)34)18(35)27-4-5-41-7-10-11(2-1-3-26-10)43-12-8-42-21-15(20(37)32(21)16(12)22(38)39)28-19(36)14(30-40)17-29-23(25)44-31-17/h1-3,9,15,21,40H,4-8,24H2,(H,27,35)(H,28,36)(H,33,34)(H,38,39)(H2,25,29,31)/b30-14+/t9-,15?,21+/m0/s1. The Morgan fingerprint density at radius 3 is 2.70 bits per heavy atom. The molecule has 1 unspecified atom stereocenters. The highest BCUT2D eigenvalue weighted by Gasteiger charge is 2.54. The van der Waals surface area contributed by atoms with Crippen LogP contribution in [-0.2, 0) is 29.7 Å². The molecule has 0 aromatic carbocycles. The van der Waals surface area contributed by atoms with Gasteiger partial charge in [-0.15, -0.1) is 11.8 Å². The van der Waals surface area contributed by atoms with E-state index in [1.54, 1.807) is 18.3 Å². The lowest BCUT2D eigenvalue weighted by atomic mass is 10.0. The van der Waals surface area contributed by atoms with Crippen LogP contribution < -0.4 is 22.1 Å². The number of nitrogens with one attached hydrogen (secondary N) is 2. The molecule has 2 aliphatic heterocycles. The molecule has 44 heavy (non-hydrogen) atoms. The Labute approximate surface area is 265 Å². The zero-order valence-corrected chi connectivity index (χ0v) is 25.7. The highest BCUT2D eigenvalue weighted by Crippen LogP contribution is 2.45. The number of carboxylic acid groups (broad SMARTS) is 2. The van der Waals surface area contributed by atoms with Gasteiger partial charge in [0.05, 0.1) is 18.2 Å². The molecule has 0 radical (unpaired) electrons. The van der Waals surface area contributed by atoms with E-state index in [0.717, 1.165) is 16.4 Å². The minimum absolute atomic E-state index is 0.0444. The second kappa shape index (κ2) is 14.7. The van der Waals surface area contributed by atoms with Crippen LogP contribution in [-0.4, -0.2) is 106 Å². The maximum absolute atomic E-state index is 13.1. The summed E-state index contributed by atoms with van der Waals surface area (Å²) in [4.78, 5) is 71.1. The Morgan fingerprint density at radius 2 is 2.05 bits per heavy atom. The fourth-order valence-corrected chi connectivity index (χ4v) is 7.90. The predicted octanol–water partition coefficient (Wildman–Crippen LogP) is -0.667. The van der Waals surface area contributed by atoms with E-state index < -0.39 is 59.3 Å². The topological polar surface area (TPSA) is 276 Å². The fraction of sp³-hybridized carbons (Fsp3) is 0.348. The molecule has 0 saturated carbocycles. The van der Waals surface area contributed by atoms with Crippen LogP contribution in [0.15, 0.2) is 39.0 Å². The van der Waals surface area contributed by atoms with Crippen LogP contribution in [0.3, 0.4) is 0 Å². The lowest BCUT2D eigenvalue weighted by Gasteiger charge is -2.49. The molecule has 234 valence electrons. The van der Waals surface area contributed by atoms with Crippen molar-refractivity contribution in [2.24, 2.45) is 10.9 Å². The van der Waals surface area contributed by atoms with E-state index >= 15 is 0 Å². The van der Waals surface area contributed by atoms with Gasteiger partial charge in [0.1, 0.15) is 17.1 Å². The van der Waals surface area contributed by atoms with Crippen LogP contribution >= 0.6 is 46.8 Å². The van der Waals surface area contributed by atoms with Crippen molar-refractivity contribution < 1.29 is 39.4 Å². The molecule has 2 aliphatic rings. The highest BCUT2D eigenvalue weighted by atomic mass is 32.2. The van der Waals surface area contributed by atoms with Crippen molar-refractivity contribution in [3.05, 3.63) is 40.5 Å². The number of aliphatic carboxylic acids is 2. The van der Waals surface area contributed by atoms with E-state index in [-0.39, 0.29) is 29.0 Å². The third-order valence-corrected chi connectivity index (χ3v) is 10.1. The molecule has 4 rings (SSSR count). The number of pyridine rings is 1. The summed E-state index contributed by atoms with van der Waals surface area (Å²) in [5.74, 6) is -3.70. The first-order valence-corrected chi connectivity index (χ1v) is 16.3. The van der Waals surface area contributed by atoms with E-state index in [2.05, 4.69) is 30.1 Å². The number of fused-ring (bicyclic) bond motifs is 1. The first-order valence-electron chi connectivity index (χ1n) is 12.5. The fourth-order valence-electron chi connectivity index (χ4n) is 3.99. The van der Waals surface area contributed by atoms with Gasteiger partial charge in [-0.3, -0.25) is 29.1 Å². The van der Waals surface area contributed by atoms with Crippen LogP contribution in [0.4, 0.5) is 5.13 Å². The van der Waals surface area contributed by atoms with Gasteiger partial charge in [0.15, 0.2) is 5.13 Å². The van der Waals surface area contributed by atoms with Crippen molar-refractivity contribution in [1.82, 2.24) is 29.9 Å². The van der Waals surface area contributed by atoms with Crippen LogP contribution in [0.5, 0.6) is 0 Å². The molecule has 3 atom stereocenters. The van der Waals surface area contributed by atoms with E-state index in [4.69, 9.17) is 16.6 Å². The van der Waals surface area contributed by atoms with Crippen molar-refractivity contribution >= 4 is 87.3 Å². The number of aromatic nitrogens is 3. The minimum atomic E-state index is -1.31. The van der Waals surface area contributed by atoms with Crippen molar-refractivity contribution in [1.29, 1.82) is 0 Å². The lowest BCUT2D eigenvalue weighted by molar-refractivity contribution is -0.150. The summed E-state index contributed by atoms with van der Waals surface area (Å²) >= 11 is 4.66. The summed E-state index contributed by atoms with van der Waals surface area (Å²) in [7, 11) is 0. The summed E-state index contributed by atoms with van der Waals surface area (Å²) < 4.78 is 3.82. The molecule has 0 aliphatic carbocycles. The number of anilines is 1. The number of thioether (sulfide) groups is 3. The van der Waals surface area contributed by atoms with Crippen LogP contribution in [0.1, 0.15) is 17.9 Å². The summed E-state index contributed by atoms with van der Waals surface area (Å²) in [6.07, 6.45) is 1.12. The molecule has 2 aromatic heterocycles. The summed E-state index contributed by atoms with van der Waals surface area (Å²) in [5.41, 5.74) is 11.0.